The van der Waals surface area contributed by atoms with Gasteiger partial charge in [0.15, 0.2) is 0 Å². The molecule has 0 aliphatic heterocycles. The molecule has 1 nitrogen and oxygen atoms in total. The summed E-state index contributed by atoms with van der Waals surface area (Å²) in [5, 5.41) is 1.14. The van der Waals surface area contributed by atoms with Gasteiger partial charge in [0.2, 0.25) is 0 Å². The molecule has 0 heterocycles. The Kier molecular flexibility index (Phi) is 5.19. The van der Waals surface area contributed by atoms with Gasteiger partial charge in [0.05, 0.1) is 6.61 Å². The van der Waals surface area contributed by atoms with Crippen molar-refractivity contribution in [2.75, 3.05) is 5.33 Å². The first-order valence-electron chi connectivity index (χ1n) is 6.25. The van der Waals surface area contributed by atoms with Crippen LogP contribution in [-0.4, -0.2) is 5.33 Å². The Bertz CT molecular complexity index is 590. The van der Waals surface area contributed by atoms with E-state index < -0.39 is 5.60 Å². The minimum absolute atomic E-state index is 0.270. The maximum atomic E-state index is 14.0. The van der Waals surface area contributed by atoms with Crippen molar-refractivity contribution in [3.8, 4) is 0 Å². The predicted octanol–water partition coefficient (Wildman–Crippen LogP) is 5.31. The van der Waals surface area contributed by atoms with Crippen LogP contribution in [0.5, 0.6) is 0 Å². The zero-order valence-electron chi connectivity index (χ0n) is 11.1. The minimum Gasteiger partial charge on any atom is -0.365 e. The quantitative estimate of drug-likeness (QED) is 0.659. The molecule has 0 N–H and O–H groups in total. The molecule has 1 atom stereocenters. The van der Waals surface area contributed by atoms with E-state index in [0.717, 1.165) is 5.56 Å². The number of halogens is 3. The fraction of sp³-hybridized carbons (Fsp3) is 0.250. The monoisotopic (exact) mass is 356 g/mol. The summed E-state index contributed by atoms with van der Waals surface area (Å²) in [7, 11) is 0. The highest BCUT2D eigenvalue weighted by atomic mass is 79.9. The Morgan fingerprint density at radius 3 is 2.45 bits per heavy atom. The first kappa shape index (κ1) is 15.5. The third kappa shape index (κ3) is 3.40. The van der Waals surface area contributed by atoms with E-state index >= 15 is 0 Å². The molecule has 0 aliphatic rings. The van der Waals surface area contributed by atoms with Crippen LogP contribution in [0.1, 0.15) is 18.1 Å². The summed E-state index contributed by atoms with van der Waals surface area (Å²) in [5.74, 6) is -0.270. The van der Waals surface area contributed by atoms with Gasteiger partial charge in [-0.05, 0) is 24.6 Å². The molecule has 0 spiro atoms. The largest absolute Gasteiger partial charge is 0.365 e. The summed E-state index contributed by atoms with van der Waals surface area (Å²) in [4.78, 5) is 0. The number of benzene rings is 2. The topological polar surface area (TPSA) is 9.23 Å². The van der Waals surface area contributed by atoms with E-state index in [4.69, 9.17) is 16.3 Å². The highest BCUT2D eigenvalue weighted by Crippen LogP contribution is 2.31. The Morgan fingerprint density at radius 2 is 1.80 bits per heavy atom. The summed E-state index contributed by atoms with van der Waals surface area (Å²) < 4.78 is 19.9. The van der Waals surface area contributed by atoms with Crippen molar-refractivity contribution in [2.24, 2.45) is 0 Å². The molecule has 0 saturated heterocycles. The number of ether oxygens (including phenoxy) is 1. The molecule has 0 amide bonds. The second-order valence-corrected chi connectivity index (χ2v) is 5.69. The molecule has 0 bridgehead atoms. The van der Waals surface area contributed by atoms with Gasteiger partial charge >= 0.3 is 0 Å². The van der Waals surface area contributed by atoms with Crippen LogP contribution in [0.25, 0.3) is 0 Å². The average Bonchev–Trinajstić information content (AvgIpc) is 2.46. The summed E-state index contributed by atoms with van der Waals surface area (Å²) in [6.45, 7) is 2.19. The highest BCUT2D eigenvalue weighted by Gasteiger charge is 2.29. The molecule has 0 radical (unpaired) electrons. The molecular weight excluding hydrogens is 343 g/mol. The SMILES string of the molecule is CC(CBr)(OCc1ccccc1Cl)c1ccccc1F. The molecule has 20 heavy (non-hydrogen) atoms. The Morgan fingerprint density at radius 1 is 1.15 bits per heavy atom. The molecular formula is C16H15BrClFO. The number of hydrogen-bond donors (Lipinski definition) is 0. The van der Waals surface area contributed by atoms with Crippen LogP contribution in [0.4, 0.5) is 4.39 Å². The van der Waals surface area contributed by atoms with E-state index in [1.165, 1.54) is 6.07 Å². The molecule has 2 rings (SSSR count). The lowest BCUT2D eigenvalue weighted by atomic mass is 9.97. The summed E-state index contributed by atoms with van der Waals surface area (Å²) >= 11 is 9.52. The van der Waals surface area contributed by atoms with E-state index in [-0.39, 0.29) is 5.82 Å². The van der Waals surface area contributed by atoms with Crippen molar-refractivity contribution in [1.29, 1.82) is 0 Å². The van der Waals surface area contributed by atoms with E-state index in [0.29, 0.717) is 22.5 Å². The Balaban J connectivity index is 2.21. The van der Waals surface area contributed by atoms with Crippen LogP contribution >= 0.6 is 27.5 Å². The first-order valence-corrected chi connectivity index (χ1v) is 7.75. The maximum absolute atomic E-state index is 14.0. The lowest BCUT2D eigenvalue weighted by molar-refractivity contribution is -0.0311. The van der Waals surface area contributed by atoms with E-state index in [9.17, 15) is 4.39 Å². The minimum atomic E-state index is -0.746. The van der Waals surface area contributed by atoms with Gasteiger partial charge in [0.1, 0.15) is 11.4 Å². The van der Waals surface area contributed by atoms with Crippen LogP contribution in [0.15, 0.2) is 48.5 Å². The average molecular weight is 358 g/mol. The molecule has 106 valence electrons. The van der Waals surface area contributed by atoms with Gasteiger partial charge in [0.25, 0.3) is 0 Å². The van der Waals surface area contributed by atoms with Gasteiger partial charge in [-0.15, -0.1) is 0 Å². The van der Waals surface area contributed by atoms with Gasteiger partial charge in [-0.3, -0.25) is 0 Å². The lowest BCUT2D eigenvalue weighted by Crippen LogP contribution is -2.29. The number of alkyl halides is 1. The zero-order chi connectivity index (χ0) is 14.6. The first-order chi connectivity index (χ1) is 9.57. The van der Waals surface area contributed by atoms with Crippen molar-refractivity contribution in [1.82, 2.24) is 0 Å². The van der Waals surface area contributed by atoms with Crippen molar-refractivity contribution in [3.05, 3.63) is 70.5 Å². The fourth-order valence-electron chi connectivity index (χ4n) is 1.93. The zero-order valence-corrected chi connectivity index (χ0v) is 13.4. The third-order valence-electron chi connectivity index (χ3n) is 3.20. The second-order valence-electron chi connectivity index (χ2n) is 4.72. The molecule has 0 aromatic heterocycles. The van der Waals surface area contributed by atoms with Crippen LogP contribution < -0.4 is 0 Å². The maximum Gasteiger partial charge on any atom is 0.129 e. The van der Waals surface area contributed by atoms with Crippen LogP contribution in [0.3, 0.4) is 0 Å². The van der Waals surface area contributed by atoms with Gasteiger partial charge in [-0.25, -0.2) is 4.39 Å². The van der Waals surface area contributed by atoms with Crippen molar-refractivity contribution >= 4 is 27.5 Å². The number of hydrogen-bond acceptors (Lipinski definition) is 1. The van der Waals surface area contributed by atoms with Gasteiger partial charge in [0, 0.05) is 15.9 Å². The van der Waals surface area contributed by atoms with Crippen molar-refractivity contribution in [3.63, 3.8) is 0 Å². The molecule has 2 aromatic rings. The van der Waals surface area contributed by atoms with Crippen LogP contribution in [0.2, 0.25) is 5.02 Å². The third-order valence-corrected chi connectivity index (χ3v) is 4.64. The highest BCUT2D eigenvalue weighted by molar-refractivity contribution is 9.09. The normalized spacial score (nSPS) is 14.0. The van der Waals surface area contributed by atoms with Crippen LogP contribution in [-0.2, 0) is 16.9 Å². The number of rotatable bonds is 5. The molecule has 0 saturated carbocycles. The Labute approximate surface area is 131 Å². The molecule has 0 aliphatic carbocycles. The molecule has 2 aromatic carbocycles. The molecule has 0 fully saturated rings. The fourth-order valence-corrected chi connectivity index (χ4v) is 2.59. The van der Waals surface area contributed by atoms with Crippen molar-refractivity contribution in [2.45, 2.75) is 19.1 Å². The van der Waals surface area contributed by atoms with E-state index in [1.807, 2.05) is 31.2 Å². The standard InChI is InChI=1S/C16H15BrClFO/c1-16(11-17,13-7-3-5-9-15(13)19)20-10-12-6-2-4-8-14(12)18/h2-9H,10-11H2,1H3. The summed E-state index contributed by atoms with van der Waals surface area (Å²) in [6, 6.07) is 14.1. The van der Waals surface area contributed by atoms with Gasteiger partial charge < -0.3 is 4.74 Å². The van der Waals surface area contributed by atoms with E-state index in [1.54, 1.807) is 18.2 Å². The lowest BCUT2D eigenvalue weighted by Gasteiger charge is -2.29. The van der Waals surface area contributed by atoms with E-state index in [2.05, 4.69) is 15.9 Å². The van der Waals surface area contributed by atoms with Gasteiger partial charge in [-0.2, -0.15) is 0 Å². The molecule has 1 unspecified atom stereocenters. The predicted molar refractivity (Wildman–Crippen MR) is 83.8 cm³/mol. The Hall–Kier alpha value is -0.900. The van der Waals surface area contributed by atoms with Crippen LogP contribution in [0, 0.1) is 5.82 Å². The summed E-state index contributed by atoms with van der Waals surface area (Å²) in [5.41, 5.74) is 0.673. The second kappa shape index (κ2) is 6.70. The van der Waals surface area contributed by atoms with Gasteiger partial charge in [-0.1, -0.05) is 63.9 Å². The molecule has 4 heteroatoms. The van der Waals surface area contributed by atoms with Crippen molar-refractivity contribution < 1.29 is 9.13 Å². The summed E-state index contributed by atoms with van der Waals surface area (Å²) in [6.07, 6.45) is 0. The smallest absolute Gasteiger partial charge is 0.129 e.